The summed E-state index contributed by atoms with van der Waals surface area (Å²) in [6.07, 6.45) is 4.04. The molecule has 1 N–H and O–H groups in total. The van der Waals surface area contributed by atoms with Gasteiger partial charge in [0, 0.05) is 6.20 Å². The summed E-state index contributed by atoms with van der Waals surface area (Å²) in [6, 6.07) is 5.25. The summed E-state index contributed by atoms with van der Waals surface area (Å²) in [5, 5.41) is 3.36. The van der Waals surface area contributed by atoms with E-state index in [4.69, 9.17) is 0 Å². The average Bonchev–Trinajstić information content (AvgIpc) is 2.86. The molecule has 15 heavy (non-hydrogen) atoms. The average molecular weight is 205 g/mol. The van der Waals surface area contributed by atoms with Crippen molar-refractivity contribution in [2.75, 3.05) is 6.54 Å². The van der Waals surface area contributed by atoms with Gasteiger partial charge in [-0.2, -0.15) is 4.39 Å². The highest BCUT2D eigenvalue weighted by molar-refractivity contribution is 5.40. The first-order valence-electron chi connectivity index (χ1n) is 5.21. The maximum atomic E-state index is 13.4. The van der Waals surface area contributed by atoms with Gasteiger partial charge in [0.1, 0.15) is 5.65 Å². The van der Waals surface area contributed by atoms with Gasteiger partial charge in [-0.25, -0.2) is 4.98 Å². The van der Waals surface area contributed by atoms with E-state index in [2.05, 4.69) is 10.3 Å². The Balaban J connectivity index is 2.09. The second kappa shape index (κ2) is 3.31. The topological polar surface area (TPSA) is 29.3 Å². The lowest BCUT2D eigenvalue weighted by Crippen LogP contribution is -2.12. The van der Waals surface area contributed by atoms with Crippen LogP contribution in [0.1, 0.15) is 24.6 Å². The number of pyridine rings is 1. The molecule has 3 rings (SSSR count). The lowest BCUT2D eigenvalue weighted by atomic mass is 10.2. The standard InChI is InChI=1S/C11H12FN3/c12-10-4-1-5-11-14-9(7-15(10)11)8-3-2-6-13-8/h1,4-5,7-8,13H,2-3,6H2. The largest absolute Gasteiger partial charge is 0.309 e. The third kappa shape index (κ3) is 1.41. The van der Waals surface area contributed by atoms with Gasteiger partial charge < -0.3 is 5.32 Å². The van der Waals surface area contributed by atoms with Crippen molar-refractivity contribution in [2.24, 2.45) is 0 Å². The molecule has 2 aromatic heterocycles. The number of nitrogens with one attached hydrogen (secondary N) is 1. The minimum Gasteiger partial charge on any atom is -0.309 e. The van der Waals surface area contributed by atoms with Gasteiger partial charge in [0.25, 0.3) is 0 Å². The van der Waals surface area contributed by atoms with E-state index in [1.807, 2.05) is 6.07 Å². The SMILES string of the molecule is Fc1cccc2nc(C3CCCN3)cn12. The summed E-state index contributed by atoms with van der Waals surface area (Å²) < 4.78 is 14.9. The molecule has 1 saturated heterocycles. The van der Waals surface area contributed by atoms with Crippen LogP contribution in [-0.2, 0) is 0 Å². The predicted octanol–water partition coefficient (Wildman–Crippen LogP) is 1.90. The molecule has 2 aromatic rings. The maximum Gasteiger partial charge on any atom is 0.199 e. The van der Waals surface area contributed by atoms with Crippen LogP contribution in [0, 0.1) is 5.95 Å². The highest BCUT2D eigenvalue weighted by atomic mass is 19.1. The van der Waals surface area contributed by atoms with Crippen LogP contribution in [-0.4, -0.2) is 15.9 Å². The van der Waals surface area contributed by atoms with E-state index < -0.39 is 0 Å². The third-order valence-corrected chi connectivity index (χ3v) is 2.88. The summed E-state index contributed by atoms with van der Waals surface area (Å²) in [4.78, 5) is 4.42. The molecule has 4 heteroatoms. The van der Waals surface area contributed by atoms with Crippen LogP contribution in [0.25, 0.3) is 5.65 Å². The van der Waals surface area contributed by atoms with E-state index in [9.17, 15) is 4.39 Å². The Bertz CT molecular complexity index is 486. The molecule has 0 saturated carbocycles. The zero-order chi connectivity index (χ0) is 10.3. The summed E-state index contributed by atoms with van der Waals surface area (Å²) in [5.74, 6) is -0.260. The molecule has 1 aliphatic heterocycles. The Hall–Kier alpha value is -1.42. The fourth-order valence-electron chi connectivity index (χ4n) is 2.10. The second-order valence-corrected chi connectivity index (χ2v) is 3.89. The Morgan fingerprint density at radius 3 is 3.13 bits per heavy atom. The molecule has 3 heterocycles. The van der Waals surface area contributed by atoms with Crippen LogP contribution in [0.15, 0.2) is 24.4 Å². The van der Waals surface area contributed by atoms with E-state index in [1.165, 1.54) is 16.9 Å². The Labute approximate surface area is 86.9 Å². The van der Waals surface area contributed by atoms with Crippen molar-refractivity contribution in [3.05, 3.63) is 36.0 Å². The van der Waals surface area contributed by atoms with E-state index in [0.29, 0.717) is 11.7 Å². The molecule has 0 radical (unpaired) electrons. The fraction of sp³-hybridized carbons (Fsp3) is 0.364. The Morgan fingerprint density at radius 2 is 2.40 bits per heavy atom. The highest BCUT2D eigenvalue weighted by Crippen LogP contribution is 2.22. The van der Waals surface area contributed by atoms with Crippen LogP contribution in [0.5, 0.6) is 0 Å². The second-order valence-electron chi connectivity index (χ2n) is 3.89. The summed E-state index contributed by atoms with van der Waals surface area (Å²) in [7, 11) is 0. The van der Waals surface area contributed by atoms with Crippen molar-refractivity contribution in [1.82, 2.24) is 14.7 Å². The zero-order valence-electron chi connectivity index (χ0n) is 8.28. The van der Waals surface area contributed by atoms with Gasteiger partial charge in [-0.15, -0.1) is 0 Å². The number of halogens is 1. The first kappa shape index (κ1) is 8.85. The molecule has 1 unspecified atom stereocenters. The summed E-state index contributed by atoms with van der Waals surface area (Å²) >= 11 is 0. The molecule has 1 atom stereocenters. The van der Waals surface area contributed by atoms with Crippen LogP contribution in [0.2, 0.25) is 0 Å². The zero-order valence-corrected chi connectivity index (χ0v) is 8.28. The number of nitrogens with zero attached hydrogens (tertiary/aromatic N) is 2. The number of hydrogen-bond acceptors (Lipinski definition) is 2. The van der Waals surface area contributed by atoms with Crippen molar-refractivity contribution in [3.63, 3.8) is 0 Å². The molecule has 3 nitrogen and oxygen atoms in total. The van der Waals surface area contributed by atoms with E-state index in [1.54, 1.807) is 12.3 Å². The van der Waals surface area contributed by atoms with Crippen molar-refractivity contribution >= 4 is 5.65 Å². The van der Waals surface area contributed by atoms with Gasteiger partial charge >= 0.3 is 0 Å². The minimum atomic E-state index is -0.260. The first-order valence-corrected chi connectivity index (χ1v) is 5.21. The molecule has 0 amide bonds. The van der Waals surface area contributed by atoms with Gasteiger partial charge in [0.2, 0.25) is 0 Å². The van der Waals surface area contributed by atoms with Gasteiger partial charge in [-0.05, 0) is 31.5 Å². The number of hydrogen-bond donors (Lipinski definition) is 1. The van der Waals surface area contributed by atoms with Gasteiger partial charge in [0.15, 0.2) is 5.95 Å². The monoisotopic (exact) mass is 205 g/mol. The third-order valence-electron chi connectivity index (χ3n) is 2.88. The first-order chi connectivity index (χ1) is 7.34. The lowest BCUT2D eigenvalue weighted by molar-refractivity contribution is 0.566. The quantitative estimate of drug-likeness (QED) is 0.720. The van der Waals surface area contributed by atoms with E-state index in [0.717, 1.165) is 18.7 Å². The van der Waals surface area contributed by atoms with Crippen molar-refractivity contribution < 1.29 is 4.39 Å². The minimum absolute atomic E-state index is 0.260. The normalized spacial score (nSPS) is 21.3. The van der Waals surface area contributed by atoms with E-state index in [-0.39, 0.29) is 5.95 Å². The number of aromatic nitrogens is 2. The highest BCUT2D eigenvalue weighted by Gasteiger charge is 2.19. The van der Waals surface area contributed by atoms with Crippen LogP contribution in [0.3, 0.4) is 0 Å². The van der Waals surface area contributed by atoms with Crippen LogP contribution in [0.4, 0.5) is 4.39 Å². The van der Waals surface area contributed by atoms with Crippen LogP contribution >= 0.6 is 0 Å². The molecule has 0 bridgehead atoms. The van der Waals surface area contributed by atoms with Crippen LogP contribution < -0.4 is 5.32 Å². The number of fused-ring (bicyclic) bond motifs is 1. The molecule has 78 valence electrons. The van der Waals surface area contributed by atoms with Gasteiger partial charge in [-0.3, -0.25) is 4.40 Å². The summed E-state index contributed by atoms with van der Waals surface area (Å²) in [5.41, 5.74) is 1.62. The van der Waals surface area contributed by atoms with Gasteiger partial charge in [-0.1, -0.05) is 6.07 Å². The van der Waals surface area contributed by atoms with Gasteiger partial charge in [0.05, 0.1) is 11.7 Å². The molecular weight excluding hydrogens is 193 g/mol. The molecule has 0 spiro atoms. The van der Waals surface area contributed by atoms with E-state index >= 15 is 0 Å². The Kier molecular flexibility index (Phi) is 1.95. The molecule has 0 aliphatic carbocycles. The van der Waals surface area contributed by atoms with Crippen molar-refractivity contribution in [3.8, 4) is 0 Å². The fourth-order valence-corrected chi connectivity index (χ4v) is 2.10. The smallest absolute Gasteiger partial charge is 0.199 e. The molecule has 0 aromatic carbocycles. The lowest BCUT2D eigenvalue weighted by Gasteiger charge is -2.04. The summed E-state index contributed by atoms with van der Waals surface area (Å²) in [6.45, 7) is 1.03. The number of rotatable bonds is 1. The maximum absolute atomic E-state index is 13.4. The molecule has 1 fully saturated rings. The number of imidazole rings is 1. The predicted molar refractivity (Wildman–Crippen MR) is 55.1 cm³/mol. The Morgan fingerprint density at radius 1 is 1.47 bits per heavy atom. The van der Waals surface area contributed by atoms with Crippen molar-refractivity contribution in [1.29, 1.82) is 0 Å². The molecule has 1 aliphatic rings. The van der Waals surface area contributed by atoms with Crippen molar-refractivity contribution in [2.45, 2.75) is 18.9 Å². The molecular formula is C11H12FN3.